The molecule has 0 radical (unpaired) electrons. The van der Waals surface area contributed by atoms with E-state index in [4.69, 9.17) is 11.6 Å². The van der Waals surface area contributed by atoms with Crippen LogP contribution >= 0.6 is 11.6 Å². The number of hydrogen-bond acceptors (Lipinski definition) is 4. The molecular formula is C26H24ClF3N4O2. The van der Waals surface area contributed by atoms with Gasteiger partial charge in [-0.15, -0.1) is 0 Å². The number of carbonyl (C=O) groups is 2. The Morgan fingerprint density at radius 2 is 1.67 bits per heavy atom. The van der Waals surface area contributed by atoms with Crippen LogP contribution < -0.4 is 5.32 Å². The van der Waals surface area contributed by atoms with Gasteiger partial charge in [-0.25, -0.2) is 4.68 Å². The summed E-state index contributed by atoms with van der Waals surface area (Å²) in [4.78, 5) is 27.8. The first kappa shape index (κ1) is 24.4. The number of hydrogen-bond donors (Lipinski definition) is 1. The van der Waals surface area contributed by atoms with Crippen molar-refractivity contribution in [3.05, 3.63) is 82.5 Å². The van der Waals surface area contributed by atoms with Crippen LogP contribution in [-0.4, -0.2) is 45.6 Å². The first-order valence-corrected chi connectivity index (χ1v) is 12.1. The average Bonchev–Trinajstić information content (AvgIpc) is 3.32. The number of piperidine rings is 1. The van der Waals surface area contributed by atoms with E-state index in [1.165, 1.54) is 6.20 Å². The predicted octanol–water partition coefficient (Wildman–Crippen LogP) is 5.93. The highest BCUT2D eigenvalue weighted by atomic mass is 35.5. The molecule has 188 valence electrons. The summed E-state index contributed by atoms with van der Waals surface area (Å²) in [7, 11) is 0. The molecule has 2 aliphatic heterocycles. The van der Waals surface area contributed by atoms with E-state index >= 15 is 0 Å². The third-order valence-electron chi connectivity index (χ3n) is 6.95. The van der Waals surface area contributed by atoms with Gasteiger partial charge in [0.2, 0.25) is 0 Å². The van der Waals surface area contributed by atoms with Crippen LogP contribution in [-0.2, 0) is 0 Å². The molecule has 0 saturated carbocycles. The predicted molar refractivity (Wildman–Crippen MR) is 129 cm³/mol. The third kappa shape index (κ3) is 4.72. The van der Waals surface area contributed by atoms with Crippen molar-refractivity contribution >= 4 is 29.1 Å². The maximum Gasteiger partial charge on any atom is 0.410 e. The van der Waals surface area contributed by atoms with Gasteiger partial charge in [-0.1, -0.05) is 41.9 Å². The van der Waals surface area contributed by atoms with Crippen molar-refractivity contribution in [2.24, 2.45) is 5.92 Å². The standard InChI is InChI=1S/C26H24ClF3N4O2/c27-19-8-6-17(7-9-19)23(35)18-10-12-33(13-11-18)25(36)20-15-31-34-22(26(28,29)30)14-21(32-24(20)34)16-4-2-1-3-5-16/h1-9,15,18,21-22,32H,10-14H2. The van der Waals surface area contributed by atoms with Gasteiger partial charge in [-0.3, -0.25) is 9.59 Å². The summed E-state index contributed by atoms with van der Waals surface area (Å²) < 4.78 is 42.7. The lowest BCUT2D eigenvalue weighted by atomic mass is 9.88. The maximum atomic E-state index is 13.9. The van der Waals surface area contributed by atoms with E-state index in [-0.39, 0.29) is 29.5 Å². The Morgan fingerprint density at radius 3 is 2.31 bits per heavy atom. The van der Waals surface area contributed by atoms with Gasteiger partial charge in [0.15, 0.2) is 11.8 Å². The molecule has 1 amide bonds. The van der Waals surface area contributed by atoms with E-state index in [1.807, 2.05) is 0 Å². The highest BCUT2D eigenvalue weighted by Gasteiger charge is 2.47. The number of fused-ring (bicyclic) bond motifs is 1. The Balaban J connectivity index is 1.34. The second-order valence-electron chi connectivity index (χ2n) is 9.19. The molecular weight excluding hydrogens is 493 g/mol. The number of benzene rings is 2. The molecule has 2 atom stereocenters. The zero-order valence-electron chi connectivity index (χ0n) is 19.2. The van der Waals surface area contributed by atoms with Crippen molar-refractivity contribution in [3.8, 4) is 0 Å². The molecule has 1 N–H and O–H groups in total. The van der Waals surface area contributed by atoms with Crippen LogP contribution in [0.4, 0.5) is 19.0 Å². The van der Waals surface area contributed by atoms with Crippen molar-refractivity contribution < 1.29 is 22.8 Å². The number of anilines is 1. The minimum absolute atomic E-state index is 0.00191. The maximum absolute atomic E-state index is 13.9. The summed E-state index contributed by atoms with van der Waals surface area (Å²) in [5, 5.41) is 7.63. The highest BCUT2D eigenvalue weighted by molar-refractivity contribution is 6.30. The SMILES string of the molecule is O=C(c1ccc(Cl)cc1)C1CCN(C(=O)c2cnn3c2NC(c2ccccc2)CC3C(F)(F)F)CC1. The largest absolute Gasteiger partial charge is 0.410 e. The van der Waals surface area contributed by atoms with Gasteiger partial charge in [-0.05, 0) is 42.7 Å². The lowest BCUT2D eigenvalue weighted by Crippen LogP contribution is -2.41. The monoisotopic (exact) mass is 516 g/mol. The summed E-state index contributed by atoms with van der Waals surface area (Å²) in [6.45, 7) is 0.663. The smallest absolute Gasteiger partial charge is 0.363 e. The van der Waals surface area contributed by atoms with E-state index < -0.39 is 24.2 Å². The van der Waals surface area contributed by atoms with Crippen molar-refractivity contribution in [1.82, 2.24) is 14.7 Å². The van der Waals surface area contributed by atoms with Gasteiger partial charge < -0.3 is 10.2 Å². The summed E-state index contributed by atoms with van der Waals surface area (Å²) in [6, 6.07) is 13.1. The van der Waals surface area contributed by atoms with Gasteiger partial charge >= 0.3 is 6.18 Å². The van der Waals surface area contributed by atoms with Gasteiger partial charge in [0.05, 0.1) is 12.2 Å². The lowest BCUT2D eigenvalue weighted by molar-refractivity contribution is -0.173. The molecule has 3 heterocycles. The fraction of sp³-hybridized carbons (Fsp3) is 0.346. The number of rotatable bonds is 4. The zero-order valence-corrected chi connectivity index (χ0v) is 20.0. The number of alkyl halides is 3. The molecule has 1 aromatic heterocycles. The normalized spacial score (nSPS) is 20.5. The van der Waals surface area contributed by atoms with E-state index in [0.29, 0.717) is 42.1 Å². The second-order valence-corrected chi connectivity index (χ2v) is 9.63. The minimum atomic E-state index is -4.52. The van der Waals surface area contributed by atoms with Crippen LogP contribution in [0.2, 0.25) is 5.02 Å². The number of Topliss-reactive ketones (excluding diaryl/α,β-unsaturated/α-hetero) is 1. The van der Waals surface area contributed by atoms with Crippen molar-refractivity contribution in [2.45, 2.75) is 37.5 Å². The molecule has 2 aromatic carbocycles. The summed E-state index contributed by atoms with van der Waals surface area (Å²) in [5.41, 5.74) is 1.38. The summed E-state index contributed by atoms with van der Waals surface area (Å²) in [6.07, 6.45) is -2.59. The molecule has 0 bridgehead atoms. The van der Waals surface area contributed by atoms with Gasteiger partial charge in [0.25, 0.3) is 5.91 Å². The Morgan fingerprint density at radius 1 is 1.00 bits per heavy atom. The summed E-state index contributed by atoms with van der Waals surface area (Å²) >= 11 is 5.90. The van der Waals surface area contributed by atoms with Crippen LogP contribution in [0.1, 0.15) is 57.6 Å². The highest BCUT2D eigenvalue weighted by Crippen LogP contribution is 2.44. The molecule has 10 heteroatoms. The fourth-order valence-corrected chi connectivity index (χ4v) is 5.11. The van der Waals surface area contributed by atoms with Crippen molar-refractivity contribution in [1.29, 1.82) is 0 Å². The van der Waals surface area contributed by atoms with Gasteiger partial charge in [0.1, 0.15) is 11.4 Å². The number of ketones is 1. The number of amides is 1. The molecule has 36 heavy (non-hydrogen) atoms. The molecule has 5 rings (SSSR count). The van der Waals surface area contributed by atoms with Gasteiger partial charge in [0, 0.05) is 36.0 Å². The van der Waals surface area contributed by atoms with Crippen LogP contribution in [0.15, 0.2) is 60.8 Å². The number of nitrogens with one attached hydrogen (secondary N) is 1. The minimum Gasteiger partial charge on any atom is -0.363 e. The first-order valence-electron chi connectivity index (χ1n) is 11.8. The second kappa shape index (κ2) is 9.61. The van der Waals surface area contributed by atoms with E-state index in [2.05, 4.69) is 10.4 Å². The van der Waals surface area contributed by atoms with Crippen LogP contribution in [0.25, 0.3) is 0 Å². The number of nitrogens with zero attached hydrogens (tertiary/aromatic N) is 3. The Kier molecular flexibility index (Phi) is 6.51. The molecule has 1 saturated heterocycles. The Bertz CT molecular complexity index is 1250. The number of carbonyl (C=O) groups excluding carboxylic acids is 2. The first-order chi connectivity index (χ1) is 17.2. The molecule has 1 fully saturated rings. The number of halogens is 4. The number of aromatic nitrogens is 2. The molecule has 2 aliphatic rings. The van der Waals surface area contributed by atoms with E-state index in [0.717, 1.165) is 4.68 Å². The zero-order chi connectivity index (χ0) is 25.4. The van der Waals surface area contributed by atoms with Crippen molar-refractivity contribution in [3.63, 3.8) is 0 Å². The molecule has 3 aromatic rings. The fourth-order valence-electron chi connectivity index (χ4n) is 4.99. The molecule has 0 spiro atoms. The van der Waals surface area contributed by atoms with Crippen molar-refractivity contribution in [2.75, 3.05) is 18.4 Å². The number of likely N-dealkylation sites (tertiary alicyclic amines) is 1. The average molecular weight is 517 g/mol. The molecule has 6 nitrogen and oxygen atoms in total. The van der Waals surface area contributed by atoms with Crippen LogP contribution in [0.3, 0.4) is 0 Å². The lowest BCUT2D eigenvalue weighted by Gasteiger charge is -2.35. The molecule has 0 aliphatic carbocycles. The van der Waals surface area contributed by atoms with E-state index in [9.17, 15) is 22.8 Å². The Hall–Kier alpha value is -3.33. The topological polar surface area (TPSA) is 67.2 Å². The third-order valence-corrected chi connectivity index (χ3v) is 7.20. The molecule has 2 unspecified atom stereocenters. The van der Waals surface area contributed by atoms with E-state index in [1.54, 1.807) is 59.5 Å². The van der Waals surface area contributed by atoms with Gasteiger partial charge in [-0.2, -0.15) is 18.3 Å². The Labute approximate surface area is 211 Å². The summed E-state index contributed by atoms with van der Waals surface area (Å²) in [5.74, 6) is -0.550. The van der Waals surface area contributed by atoms with Crippen LogP contribution in [0, 0.1) is 5.92 Å². The van der Waals surface area contributed by atoms with Crippen LogP contribution in [0.5, 0.6) is 0 Å². The quantitative estimate of drug-likeness (QED) is 0.436.